The van der Waals surface area contributed by atoms with Gasteiger partial charge in [0.1, 0.15) is 0 Å². The summed E-state index contributed by atoms with van der Waals surface area (Å²) in [5.41, 5.74) is 3.59. The number of nitrogens with zero attached hydrogens (tertiary/aromatic N) is 3. The van der Waals surface area contributed by atoms with Crippen molar-refractivity contribution in [2.75, 3.05) is 5.32 Å². The summed E-state index contributed by atoms with van der Waals surface area (Å²) < 4.78 is 2.27. The smallest absolute Gasteiger partial charge is 0.203 e. The highest BCUT2D eigenvalue weighted by Crippen LogP contribution is 2.22. The van der Waals surface area contributed by atoms with E-state index in [-0.39, 0.29) is 0 Å². The van der Waals surface area contributed by atoms with Crippen molar-refractivity contribution in [2.24, 2.45) is 0 Å². The van der Waals surface area contributed by atoms with E-state index in [1.165, 1.54) is 36.9 Å². The highest BCUT2D eigenvalue weighted by atomic mass is 15.2. The van der Waals surface area contributed by atoms with Crippen LogP contribution in [0.5, 0.6) is 0 Å². The minimum Gasteiger partial charge on any atom is -0.353 e. The number of aromatic nitrogens is 4. The van der Waals surface area contributed by atoms with Gasteiger partial charge >= 0.3 is 0 Å². The highest BCUT2D eigenvalue weighted by molar-refractivity contribution is 5.30. The van der Waals surface area contributed by atoms with E-state index in [9.17, 15) is 0 Å². The maximum atomic E-state index is 4.64. The summed E-state index contributed by atoms with van der Waals surface area (Å²) in [7, 11) is 0. The van der Waals surface area contributed by atoms with Crippen molar-refractivity contribution in [3.8, 4) is 0 Å². The van der Waals surface area contributed by atoms with Gasteiger partial charge in [0.05, 0.1) is 11.9 Å². The predicted octanol–water partition coefficient (Wildman–Crippen LogP) is 3.21. The Morgan fingerprint density at radius 3 is 2.86 bits per heavy atom. The number of imidazole rings is 1. The first-order valence-electron chi connectivity index (χ1n) is 8.01. The van der Waals surface area contributed by atoms with Crippen LogP contribution in [0.1, 0.15) is 49.1 Å². The summed E-state index contributed by atoms with van der Waals surface area (Å²) >= 11 is 0. The van der Waals surface area contributed by atoms with Crippen LogP contribution in [-0.4, -0.2) is 25.8 Å². The van der Waals surface area contributed by atoms with Crippen LogP contribution in [0.25, 0.3) is 0 Å². The van der Waals surface area contributed by atoms with E-state index in [1.54, 1.807) is 0 Å². The minimum absolute atomic E-state index is 0.613. The van der Waals surface area contributed by atoms with Crippen LogP contribution >= 0.6 is 0 Å². The third kappa shape index (κ3) is 3.46. The minimum atomic E-state index is 0.613. The molecule has 5 heteroatoms. The molecule has 0 radical (unpaired) electrons. The van der Waals surface area contributed by atoms with Crippen molar-refractivity contribution in [1.82, 2.24) is 19.7 Å². The molecule has 2 N–H and O–H groups in total. The molecule has 0 aliphatic heterocycles. The lowest BCUT2D eigenvalue weighted by molar-refractivity contribution is 0.633. The number of hydrogen-bond donors (Lipinski definition) is 2. The number of rotatable bonds is 6. The summed E-state index contributed by atoms with van der Waals surface area (Å²) in [5.74, 6) is 1.04. The maximum absolute atomic E-state index is 4.64. The lowest BCUT2D eigenvalue weighted by Crippen LogP contribution is -2.18. The van der Waals surface area contributed by atoms with E-state index in [2.05, 4.69) is 45.1 Å². The Bertz CT molecular complexity index is 577. The molecule has 0 bridgehead atoms. The van der Waals surface area contributed by atoms with Crippen molar-refractivity contribution < 1.29 is 0 Å². The van der Waals surface area contributed by atoms with Crippen LogP contribution in [0.15, 0.2) is 12.4 Å². The van der Waals surface area contributed by atoms with Gasteiger partial charge in [-0.2, -0.15) is 5.10 Å². The van der Waals surface area contributed by atoms with Crippen LogP contribution < -0.4 is 5.32 Å². The normalized spacial score (nSPS) is 15.7. The summed E-state index contributed by atoms with van der Waals surface area (Å²) in [6.07, 6.45) is 11.5. The number of aryl methyl sites for hydroxylation is 4. The first-order chi connectivity index (χ1) is 10.2. The maximum Gasteiger partial charge on any atom is 0.203 e. The molecule has 0 aromatic carbocycles. The van der Waals surface area contributed by atoms with E-state index in [4.69, 9.17) is 0 Å². The van der Waals surface area contributed by atoms with E-state index in [1.807, 2.05) is 6.20 Å². The number of nitrogens with one attached hydrogen (secondary N) is 2. The van der Waals surface area contributed by atoms with Crippen LogP contribution in [0.2, 0.25) is 0 Å². The average molecular weight is 287 g/mol. The molecule has 2 aromatic heterocycles. The van der Waals surface area contributed by atoms with Crippen LogP contribution in [0.3, 0.4) is 0 Å². The Hall–Kier alpha value is -1.78. The molecule has 0 atom stereocenters. The van der Waals surface area contributed by atoms with Crippen molar-refractivity contribution in [3.05, 3.63) is 29.3 Å². The second kappa shape index (κ2) is 6.33. The molecule has 1 aliphatic rings. The molecule has 114 valence electrons. The third-order valence-electron chi connectivity index (χ3n) is 4.36. The Kier molecular flexibility index (Phi) is 4.27. The number of aromatic amines is 1. The second-order valence-electron chi connectivity index (χ2n) is 6.15. The average Bonchev–Trinajstić information content (AvgIpc) is 3.15. The Balaban J connectivity index is 1.58. The number of H-pyrrole nitrogens is 1. The Morgan fingerprint density at radius 2 is 2.14 bits per heavy atom. The first-order valence-corrected chi connectivity index (χ1v) is 8.01. The summed E-state index contributed by atoms with van der Waals surface area (Å²) in [6, 6.07) is 0.613. The second-order valence-corrected chi connectivity index (χ2v) is 6.15. The van der Waals surface area contributed by atoms with Crippen molar-refractivity contribution in [1.29, 1.82) is 0 Å². The highest BCUT2D eigenvalue weighted by Gasteiger charge is 2.17. The molecule has 0 saturated heterocycles. The lowest BCUT2D eigenvalue weighted by Gasteiger charge is -2.14. The molecule has 1 saturated carbocycles. The van der Waals surface area contributed by atoms with E-state index < -0.39 is 0 Å². The van der Waals surface area contributed by atoms with Gasteiger partial charge in [0.2, 0.25) is 5.95 Å². The van der Waals surface area contributed by atoms with Gasteiger partial charge in [-0.1, -0.05) is 12.8 Å². The summed E-state index contributed by atoms with van der Waals surface area (Å²) in [6.45, 7) is 5.15. The van der Waals surface area contributed by atoms with Gasteiger partial charge in [0.25, 0.3) is 0 Å². The predicted molar refractivity (Wildman–Crippen MR) is 84.5 cm³/mol. The molecule has 0 spiro atoms. The number of anilines is 1. The van der Waals surface area contributed by atoms with Crippen molar-refractivity contribution in [2.45, 2.75) is 65.0 Å². The molecule has 1 aliphatic carbocycles. The third-order valence-corrected chi connectivity index (χ3v) is 4.36. The van der Waals surface area contributed by atoms with Gasteiger partial charge in [-0.25, -0.2) is 4.98 Å². The zero-order chi connectivity index (χ0) is 14.7. The molecule has 21 heavy (non-hydrogen) atoms. The van der Waals surface area contributed by atoms with E-state index >= 15 is 0 Å². The molecule has 1 fully saturated rings. The molecule has 2 heterocycles. The van der Waals surface area contributed by atoms with Gasteiger partial charge < -0.3 is 9.88 Å². The molecular weight excluding hydrogens is 262 g/mol. The van der Waals surface area contributed by atoms with Gasteiger partial charge in [-0.15, -0.1) is 0 Å². The Morgan fingerprint density at radius 1 is 1.33 bits per heavy atom. The van der Waals surface area contributed by atoms with E-state index in [0.717, 1.165) is 31.0 Å². The van der Waals surface area contributed by atoms with Crippen molar-refractivity contribution in [3.63, 3.8) is 0 Å². The standard InChI is InChI=1S/C16H25N5/c1-12-11-21(9-5-6-14-10-17-20-13(14)2)16(18-12)19-15-7-3-4-8-15/h10-11,15H,3-9H2,1-2H3,(H,17,20)(H,18,19). The fourth-order valence-electron chi connectivity index (χ4n) is 3.15. The molecule has 5 nitrogen and oxygen atoms in total. The molecule has 0 unspecified atom stereocenters. The number of hydrogen-bond acceptors (Lipinski definition) is 3. The SMILES string of the molecule is Cc1cn(CCCc2cn[nH]c2C)c(NC2CCCC2)n1. The molecular formula is C16H25N5. The van der Waals surface area contributed by atoms with Crippen molar-refractivity contribution >= 4 is 5.95 Å². The Labute approximate surface area is 126 Å². The first kappa shape index (κ1) is 14.2. The fourth-order valence-corrected chi connectivity index (χ4v) is 3.15. The molecule has 3 rings (SSSR count). The largest absolute Gasteiger partial charge is 0.353 e. The molecule has 0 amide bonds. The zero-order valence-electron chi connectivity index (χ0n) is 13.0. The van der Waals surface area contributed by atoms with Gasteiger partial charge in [-0.05, 0) is 45.1 Å². The topological polar surface area (TPSA) is 58.5 Å². The van der Waals surface area contributed by atoms with Crippen LogP contribution in [-0.2, 0) is 13.0 Å². The van der Waals surface area contributed by atoms with Gasteiger partial charge in [-0.3, -0.25) is 5.10 Å². The monoisotopic (exact) mass is 287 g/mol. The van der Waals surface area contributed by atoms with Crippen LogP contribution in [0.4, 0.5) is 5.95 Å². The summed E-state index contributed by atoms with van der Waals surface area (Å²) in [5, 5.41) is 10.7. The van der Waals surface area contributed by atoms with Gasteiger partial charge in [0.15, 0.2) is 0 Å². The lowest BCUT2D eigenvalue weighted by atomic mass is 10.1. The molecule has 2 aromatic rings. The summed E-state index contributed by atoms with van der Waals surface area (Å²) in [4.78, 5) is 4.64. The fraction of sp³-hybridized carbons (Fsp3) is 0.625. The van der Waals surface area contributed by atoms with Gasteiger partial charge in [0, 0.05) is 24.5 Å². The quantitative estimate of drug-likeness (QED) is 0.857. The zero-order valence-corrected chi connectivity index (χ0v) is 13.0. The van der Waals surface area contributed by atoms with E-state index in [0.29, 0.717) is 6.04 Å². The van der Waals surface area contributed by atoms with Crippen LogP contribution in [0, 0.1) is 13.8 Å².